The van der Waals surface area contributed by atoms with E-state index in [1.807, 2.05) is 31.2 Å². The largest absolute Gasteiger partial charge is 0.479 e. The number of fused-ring (bicyclic) bond motifs is 1. The van der Waals surface area contributed by atoms with E-state index >= 15 is 0 Å². The van der Waals surface area contributed by atoms with Gasteiger partial charge >= 0.3 is 0 Å². The van der Waals surface area contributed by atoms with Gasteiger partial charge in [0.05, 0.1) is 10.6 Å². The van der Waals surface area contributed by atoms with E-state index in [-0.39, 0.29) is 36.2 Å². The minimum atomic E-state index is -3.60. The molecule has 0 aromatic heterocycles. The monoisotopic (exact) mass is 471 g/mol. The quantitative estimate of drug-likeness (QED) is 0.669. The molecule has 0 bridgehead atoms. The minimum absolute atomic E-state index is 0.0889. The number of para-hydroxylation sites is 2. The fourth-order valence-corrected chi connectivity index (χ4v) is 5.67. The van der Waals surface area contributed by atoms with Crippen molar-refractivity contribution < 1.29 is 22.7 Å². The average Bonchev–Trinajstić information content (AvgIpc) is 3.06. The molecule has 9 heteroatoms. The fourth-order valence-electron chi connectivity index (χ4n) is 4.20. The molecule has 1 atom stereocenters. The first-order valence-electron chi connectivity index (χ1n) is 11.2. The molecule has 0 aliphatic carbocycles. The van der Waals surface area contributed by atoms with E-state index in [0.29, 0.717) is 37.5 Å². The molecule has 0 N–H and O–H groups in total. The molecule has 0 radical (unpaired) electrons. The molecule has 2 aliphatic heterocycles. The molecule has 8 nitrogen and oxygen atoms in total. The van der Waals surface area contributed by atoms with Crippen LogP contribution in [0, 0.1) is 6.92 Å². The van der Waals surface area contributed by atoms with Gasteiger partial charge in [0.2, 0.25) is 15.9 Å². The van der Waals surface area contributed by atoms with Crippen LogP contribution >= 0.6 is 0 Å². The summed E-state index contributed by atoms with van der Waals surface area (Å²) >= 11 is 0. The van der Waals surface area contributed by atoms with Crippen LogP contribution in [0.2, 0.25) is 0 Å². The van der Waals surface area contributed by atoms with Crippen LogP contribution < -0.4 is 9.64 Å². The van der Waals surface area contributed by atoms with Crippen LogP contribution in [0.3, 0.4) is 0 Å². The van der Waals surface area contributed by atoms with Crippen LogP contribution in [0.15, 0.2) is 53.4 Å². The highest BCUT2D eigenvalue weighted by Crippen LogP contribution is 2.33. The fraction of sp³-hybridized carbons (Fsp3) is 0.417. The van der Waals surface area contributed by atoms with Crippen molar-refractivity contribution >= 4 is 27.5 Å². The Kier molecular flexibility index (Phi) is 6.71. The number of amides is 2. The summed E-state index contributed by atoms with van der Waals surface area (Å²) in [4.78, 5) is 29.2. The van der Waals surface area contributed by atoms with Crippen LogP contribution in [0.25, 0.3) is 0 Å². The zero-order valence-electron chi connectivity index (χ0n) is 18.9. The van der Waals surface area contributed by atoms with Crippen molar-refractivity contribution in [2.45, 2.75) is 37.7 Å². The standard InChI is InChI=1S/C24H29N3O5S/c1-18-8-10-20(11-9-18)33(30,31)26-14-5-13-25(16-17-26)23(28)12-15-27-21-6-3-4-7-22(21)32-19(2)24(27)29/h3-4,6-11,19H,5,12-17H2,1-2H3/t19-/m1/s1. The van der Waals surface area contributed by atoms with Crippen LogP contribution in [0.4, 0.5) is 5.69 Å². The molecule has 4 rings (SSSR count). The molecule has 176 valence electrons. The first kappa shape index (κ1) is 23.3. The first-order chi connectivity index (χ1) is 15.8. The van der Waals surface area contributed by atoms with Gasteiger partial charge in [0.1, 0.15) is 5.75 Å². The number of hydrogen-bond acceptors (Lipinski definition) is 5. The highest BCUT2D eigenvalue weighted by molar-refractivity contribution is 7.89. The zero-order chi connectivity index (χ0) is 23.6. The van der Waals surface area contributed by atoms with Crippen molar-refractivity contribution in [3.8, 4) is 5.75 Å². The smallest absolute Gasteiger partial charge is 0.267 e. The Morgan fingerprint density at radius 1 is 1.03 bits per heavy atom. The second-order valence-corrected chi connectivity index (χ2v) is 10.4. The van der Waals surface area contributed by atoms with Gasteiger partial charge in [-0.05, 0) is 44.5 Å². The van der Waals surface area contributed by atoms with E-state index in [2.05, 4.69) is 0 Å². The molecular weight excluding hydrogens is 442 g/mol. The number of anilines is 1. The lowest BCUT2D eigenvalue weighted by atomic mass is 10.1. The molecule has 2 aliphatic rings. The summed E-state index contributed by atoms with van der Waals surface area (Å²) < 4.78 is 33.1. The van der Waals surface area contributed by atoms with Crippen molar-refractivity contribution in [2.75, 3.05) is 37.6 Å². The van der Waals surface area contributed by atoms with E-state index in [1.165, 1.54) is 4.31 Å². The summed E-state index contributed by atoms with van der Waals surface area (Å²) in [5.41, 5.74) is 1.66. The SMILES string of the molecule is Cc1ccc(S(=O)(=O)N2CCCN(C(=O)CCN3C(=O)[C@@H](C)Oc4ccccc43)CC2)cc1. The maximum atomic E-state index is 13.0. The second-order valence-electron chi connectivity index (χ2n) is 8.42. The molecule has 2 aromatic carbocycles. The summed E-state index contributed by atoms with van der Waals surface area (Å²) in [7, 11) is -3.60. The molecule has 2 heterocycles. The molecule has 2 amide bonds. The third-order valence-electron chi connectivity index (χ3n) is 6.09. The summed E-state index contributed by atoms with van der Waals surface area (Å²) in [6, 6.07) is 14.1. The van der Waals surface area contributed by atoms with Gasteiger partial charge in [0, 0.05) is 39.1 Å². The van der Waals surface area contributed by atoms with Gasteiger partial charge in [0.15, 0.2) is 6.10 Å². The molecule has 1 saturated heterocycles. The predicted octanol–water partition coefficient (Wildman–Crippen LogP) is 2.42. The van der Waals surface area contributed by atoms with Gasteiger partial charge in [-0.15, -0.1) is 0 Å². The highest BCUT2D eigenvalue weighted by atomic mass is 32.2. The summed E-state index contributed by atoms with van der Waals surface area (Å²) in [5, 5.41) is 0. The Hall–Kier alpha value is -2.91. The number of aryl methyl sites for hydroxylation is 1. The van der Waals surface area contributed by atoms with Crippen LogP contribution in [0.1, 0.15) is 25.3 Å². The summed E-state index contributed by atoms with van der Waals surface area (Å²) in [6.45, 7) is 5.30. The molecule has 0 unspecified atom stereocenters. The maximum Gasteiger partial charge on any atom is 0.267 e. The lowest BCUT2D eigenvalue weighted by Gasteiger charge is -2.33. The Labute approximate surface area is 194 Å². The third-order valence-corrected chi connectivity index (χ3v) is 8.00. The van der Waals surface area contributed by atoms with E-state index in [0.717, 1.165) is 5.56 Å². The lowest BCUT2D eigenvalue weighted by molar-refractivity contribution is -0.131. The van der Waals surface area contributed by atoms with Crippen molar-refractivity contribution in [2.24, 2.45) is 0 Å². The van der Waals surface area contributed by atoms with Crippen LogP contribution in [-0.2, 0) is 19.6 Å². The van der Waals surface area contributed by atoms with E-state index < -0.39 is 16.1 Å². The molecule has 2 aromatic rings. The molecule has 33 heavy (non-hydrogen) atoms. The third kappa shape index (κ3) is 4.89. The summed E-state index contributed by atoms with van der Waals surface area (Å²) in [5.74, 6) is 0.366. The van der Waals surface area contributed by atoms with Gasteiger partial charge in [0.25, 0.3) is 5.91 Å². The van der Waals surface area contributed by atoms with E-state index in [4.69, 9.17) is 4.74 Å². The number of rotatable bonds is 5. The number of carbonyl (C=O) groups excluding carboxylic acids is 2. The lowest BCUT2D eigenvalue weighted by Crippen LogP contribution is -2.46. The summed E-state index contributed by atoms with van der Waals surface area (Å²) in [6.07, 6.45) is 0.124. The Morgan fingerprint density at radius 3 is 2.52 bits per heavy atom. The van der Waals surface area contributed by atoms with Crippen LogP contribution in [0.5, 0.6) is 5.75 Å². The molecule has 0 saturated carbocycles. The topological polar surface area (TPSA) is 87.2 Å². The number of hydrogen-bond donors (Lipinski definition) is 0. The van der Waals surface area contributed by atoms with Gasteiger partial charge in [-0.25, -0.2) is 8.42 Å². The van der Waals surface area contributed by atoms with E-state index in [1.54, 1.807) is 41.0 Å². The highest BCUT2D eigenvalue weighted by Gasteiger charge is 2.32. The van der Waals surface area contributed by atoms with E-state index in [9.17, 15) is 18.0 Å². The number of ether oxygens (including phenoxy) is 1. The average molecular weight is 472 g/mol. The Balaban J connectivity index is 1.38. The number of benzene rings is 2. The maximum absolute atomic E-state index is 13.0. The zero-order valence-corrected chi connectivity index (χ0v) is 19.8. The first-order valence-corrected chi connectivity index (χ1v) is 12.6. The number of sulfonamides is 1. The Morgan fingerprint density at radius 2 is 1.76 bits per heavy atom. The minimum Gasteiger partial charge on any atom is -0.479 e. The van der Waals surface area contributed by atoms with Crippen molar-refractivity contribution in [3.05, 3.63) is 54.1 Å². The number of carbonyl (C=O) groups is 2. The van der Waals surface area contributed by atoms with Crippen molar-refractivity contribution in [1.29, 1.82) is 0 Å². The van der Waals surface area contributed by atoms with Gasteiger partial charge in [-0.3, -0.25) is 9.59 Å². The van der Waals surface area contributed by atoms with Gasteiger partial charge in [-0.2, -0.15) is 4.31 Å². The molecule has 0 spiro atoms. The second kappa shape index (κ2) is 9.52. The van der Waals surface area contributed by atoms with Crippen molar-refractivity contribution in [1.82, 2.24) is 9.21 Å². The predicted molar refractivity (Wildman–Crippen MR) is 125 cm³/mol. The van der Waals surface area contributed by atoms with Gasteiger partial charge in [-0.1, -0.05) is 29.8 Å². The molecule has 1 fully saturated rings. The number of nitrogens with zero attached hydrogens (tertiary/aromatic N) is 3. The Bertz CT molecular complexity index is 1130. The normalized spacial score (nSPS) is 19.6. The molecular formula is C24H29N3O5S. The van der Waals surface area contributed by atoms with Crippen molar-refractivity contribution in [3.63, 3.8) is 0 Å². The van der Waals surface area contributed by atoms with Crippen LogP contribution in [-0.4, -0.2) is 68.3 Å². The van der Waals surface area contributed by atoms with Gasteiger partial charge < -0.3 is 14.5 Å².